The lowest BCUT2D eigenvalue weighted by molar-refractivity contribution is 0.129. The molecule has 7 heteroatoms. The van der Waals surface area contributed by atoms with E-state index in [1.807, 2.05) is 14.0 Å². The highest BCUT2D eigenvalue weighted by atomic mass is 16.5. The quantitative estimate of drug-likeness (QED) is 0.613. The van der Waals surface area contributed by atoms with Crippen molar-refractivity contribution in [3.8, 4) is 5.75 Å². The molecule has 0 aliphatic rings. The van der Waals surface area contributed by atoms with Crippen molar-refractivity contribution in [2.45, 2.75) is 53.3 Å². The molecule has 0 bridgehead atoms. The second-order valence-electron chi connectivity index (χ2n) is 7.17. The molecule has 0 saturated heterocycles. The molecule has 142 valence electrons. The minimum absolute atomic E-state index is 0.250. The van der Waals surface area contributed by atoms with Gasteiger partial charge in [-0.2, -0.15) is 5.10 Å². The first-order valence-electron chi connectivity index (χ1n) is 8.92. The zero-order valence-electron chi connectivity index (χ0n) is 16.6. The molecule has 2 rings (SSSR count). The number of ether oxygens (including phenoxy) is 1. The van der Waals surface area contributed by atoms with Crippen LogP contribution in [0.15, 0.2) is 29.5 Å². The summed E-state index contributed by atoms with van der Waals surface area (Å²) in [7, 11) is 1.87. The van der Waals surface area contributed by atoms with Gasteiger partial charge in [-0.25, -0.2) is 9.98 Å². The van der Waals surface area contributed by atoms with Crippen molar-refractivity contribution in [3.63, 3.8) is 0 Å². The minimum atomic E-state index is -0.250. The molecule has 1 aromatic heterocycles. The maximum Gasteiger partial charge on any atom is 0.191 e. The number of nitrogens with zero attached hydrogens (tertiary/aromatic N) is 4. The molecular weight excluding hydrogens is 328 g/mol. The summed E-state index contributed by atoms with van der Waals surface area (Å²) in [6.07, 6.45) is 1.55. The van der Waals surface area contributed by atoms with Crippen molar-refractivity contribution in [3.05, 3.63) is 41.5 Å². The molecule has 1 aromatic carbocycles. The van der Waals surface area contributed by atoms with Gasteiger partial charge in [0.25, 0.3) is 0 Å². The summed E-state index contributed by atoms with van der Waals surface area (Å²) < 4.78 is 7.85. The van der Waals surface area contributed by atoms with E-state index in [-0.39, 0.29) is 5.60 Å². The Labute approximate surface area is 155 Å². The summed E-state index contributed by atoms with van der Waals surface area (Å²) in [5, 5.41) is 10.6. The number of aryl methyl sites for hydroxylation is 2. The van der Waals surface area contributed by atoms with Crippen molar-refractivity contribution < 1.29 is 4.74 Å². The number of aromatic nitrogens is 3. The summed E-state index contributed by atoms with van der Waals surface area (Å²) in [4.78, 5) is 8.91. The maximum atomic E-state index is 6.11. The molecule has 0 atom stereocenters. The van der Waals surface area contributed by atoms with E-state index in [2.05, 4.69) is 66.6 Å². The van der Waals surface area contributed by atoms with E-state index in [4.69, 9.17) is 9.73 Å². The number of rotatable bonds is 6. The highest BCUT2D eigenvalue weighted by Crippen LogP contribution is 2.25. The van der Waals surface area contributed by atoms with E-state index in [0.29, 0.717) is 13.1 Å². The number of hydrogen-bond acceptors (Lipinski definition) is 4. The van der Waals surface area contributed by atoms with Gasteiger partial charge in [-0.3, -0.25) is 4.68 Å². The number of aliphatic imine (C=N–C) groups is 1. The fraction of sp³-hybridized carbons (Fsp3) is 0.526. The topological polar surface area (TPSA) is 76.4 Å². The predicted octanol–water partition coefficient (Wildman–Crippen LogP) is 2.56. The van der Waals surface area contributed by atoms with Crippen LogP contribution in [0.3, 0.4) is 0 Å². The zero-order valence-corrected chi connectivity index (χ0v) is 16.6. The Bertz CT molecular complexity index is 745. The van der Waals surface area contributed by atoms with Crippen LogP contribution >= 0.6 is 0 Å². The van der Waals surface area contributed by atoms with Gasteiger partial charge in [-0.1, -0.05) is 12.1 Å². The molecule has 2 aromatic rings. The van der Waals surface area contributed by atoms with Crippen LogP contribution in [0.2, 0.25) is 0 Å². The smallest absolute Gasteiger partial charge is 0.191 e. The van der Waals surface area contributed by atoms with Crippen molar-refractivity contribution >= 4 is 5.96 Å². The molecule has 26 heavy (non-hydrogen) atoms. The highest BCUT2D eigenvalue weighted by molar-refractivity contribution is 5.79. The summed E-state index contributed by atoms with van der Waals surface area (Å²) in [5.74, 6) is 2.46. The van der Waals surface area contributed by atoms with Crippen LogP contribution in [-0.2, 0) is 20.1 Å². The first kappa shape index (κ1) is 19.8. The molecular formula is C19H30N6O. The van der Waals surface area contributed by atoms with Gasteiger partial charge in [-0.15, -0.1) is 0 Å². The van der Waals surface area contributed by atoms with E-state index < -0.39 is 0 Å². The fourth-order valence-corrected chi connectivity index (χ4v) is 2.37. The summed E-state index contributed by atoms with van der Waals surface area (Å²) in [6, 6.07) is 6.22. The third kappa shape index (κ3) is 6.06. The average Bonchev–Trinajstić information content (AvgIpc) is 2.95. The van der Waals surface area contributed by atoms with Crippen molar-refractivity contribution in [2.24, 2.45) is 12.0 Å². The molecule has 0 amide bonds. The van der Waals surface area contributed by atoms with Gasteiger partial charge in [0.05, 0.1) is 13.1 Å². The molecule has 7 nitrogen and oxygen atoms in total. The van der Waals surface area contributed by atoms with Crippen molar-refractivity contribution in [1.29, 1.82) is 0 Å². The first-order chi connectivity index (χ1) is 12.3. The van der Waals surface area contributed by atoms with Crippen LogP contribution in [0.4, 0.5) is 0 Å². The first-order valence-corrected chi connectivity index (χ1v) is 8.92. The average molecular weight is 358 g/mol. The molecule has 0 spiro atoms. The van der Waals surface area contributed by atoms with E-state index in [0.717, 1.165) is 29.6 Å². The zero-order chi connectivity index (χ0) is 19.2. The van der Waals surface area contributed by atoms with Gasteiger partial charge < -0.3 is 15.4 Å². The Morgan fingerprint density at radius 2 is 2.04 bits per heavy atom. The number of hydrogen-bond donors (Lipinski definition) is 2. The largest absolute Gasteiger partial charge is 0.488 e. The van der Waals surface area contributed by atoms with Gasteiger partial charge >= 0.3 is 0 Å². The summed E-state index contributed by atoms with van der Waals surface area (Å²) in [5.41, 5.74) is 1.98. The maximum absolute atomic E-state index is 6.11. The second-order valence-corrected chi connectivity index (χ2v) is 7.17. The molecule has 0 aliphatic heterocycles. The minimum Gasteiger partial charge on any atom is -0.488 e. The molecule has 0 unspecified atom stereocenters. The Morgan fingerprint density at radius 1 is 1.27 bits per heavy atom. The normalized spacial score (nSPS) is 12.2. The van der Waals surface area contributed by atoms with Crippen molar-refractivity contribution in [2.75, 3.05) is 6.54 Å². The molecule has 0 fully saturated rings. The third-order valence-electron chi connectivity index (χ3n) is 3.61. The van der Waals surface area contributed by atoms with Crippen LogP contribution in [0.1, 0.15) is 44.6 Å². The van der Waals surface area contributed by atoms with Gasteiger partial charge in [0.2, 0.25) is 0 Å². The second kappa shape index (κ2) is 8.69. The van der Waals surface area contributed by atoms with Crippen LogP contribution < -0.4 is 15.4 Å². The molecule has 1 heterocycles. The van der Waals surface area contributed by atoms with E-state index >= 15 is 0 Å². The Morgan fingerprint density at radius 3 is 2.65 bits per heavy atom. The van der Waals surface area contributed by atoms with Crippen LogP contribution in [0.5, 0.6) is 5.75 Å². The van der Waals surface area contributed by atoms with Gasteiger partial charge in [0.1, 0.15) is 23.5 Å². The van der Waals surface area contributed by atoms with Gasteiger partial charge in [-0.05, 0) is 46.2 Å². The fourth-order valence-electron chi connectivity index (χ4n) is 2.37. The van der Waals surface area contributed by atoms with Crippen molar-refractivity contribution in [1.82, 2.24) is 25.4 Å². The molecule has 0 radical (unpaired) electrons. The highest BCUT2D eigenvalue weighted by Gasteiger charge is 2.15. The summed E-state index contributed by atoms with van der Waals surface area (Å²) >= 11 is 0. The molecule has 0 saturated carbocycles. The lowest BCUT2D eigenvalue weighted by Crippen LogP contribution is -2.37. The monoisotopic (exact) mass is 358 g/mol. The van der Waals surface area contributed by atoms with E-state index in [9.17, 15) is 0 Å². The standard InChI is InChI=1S/C19H30N6O/c1-7-20-18(22-12-17-23-13-24-25(17)6)21-11-15-9-8-14(2)10-16(15)26-19(3,4)5/h8-10,13H,7,11-12H2,1-6H3,(H2,20,21,22). The SMILES string of the molecule is CCNC(=NCc1ccc(C)cc1OC(C)(C)C)NCc1ncnn1C. The lowest BCUT2D eigenvalue weighted by atomic mass is 10.1. The number of benzene rings is 1. The van der Waals surface area contributed by atoms with Crippen LogP contribution in [0.25, 0.3) is 0 Å². The molecule has 0 aliphatic carbocycles. The van der Waals surface area contributed by atoms with E-state index in [1.54, 1.807) is 11.0 Å². The van der Waals surface area contributed by atoms with Crippen LogP contribution in [0, 0.1) is 6.92 Å². The third-order valence-corrected chi connectivity index (χ3v) is 3.61. The lowest BCUT2D eigenvalue weighted by Gasteiger charge is -2.23. The Balaban J connectivity index is 2.12. The summed E-state index contributed by atoms with van der Waals surface area (Å²) in [6.45, 7) is 12.1. The number of nitrogens with one attached hydrogen (secondary N) is 2. The van der Waals surface area contributed by atoms with Gasteiger partial charge in [0.15, 0.2) is 5.96 Å². The van der Waals surface area contributed by atoms with Crippen LogP contribution in [-0.4, -0.2) is 32.9 Å². The van der Waals surface area contributed by atoms with Gasteiger partial charge in [0, 0.05) is 19.2 Å². The Kier molecular flexibility index (Phi) is 6.60. The Hall–Kier alpha value is -2.57. The molecule has 2 N–H and O–H groups in total. The predicted molar refractivity (Wildman–Crippen MR) is 104 cm³/mol. The number of guanidine groups is 1. The van der Waals surface area contributed by atoms with E-state index in [1.165, 1.54) is 5.56 Å².